The molecular formula is C23H23F3N4O4. The molecule has 3 aromatic rings. The van der Waals surface area contributed by atoms with Crippen molar-refractivity contribution in [2.24, 2.45) is 0 Å². The number of carboxylic acid groups (broad SMARTS) is 1. The quantitative estimate of drug-likeness (QED) is 0.387. The number of rotatable bonds is 7. The van der Waals surface area contributed by atoms with Gasteiger partial charge in [-0.15, -0.1) is 0 Å². The maximum atomic E-state index is 15.9. The molecule has 0 spiro atoms. The fourth-order valence-electron chi connectivity index (χ4n) is 4.15. The van der Waals surface area contributed by atoms with Crippen molar-refractivity contribution in [2.75, 3.05) is 30.3 Å². The predicted molar refractivity (Wildman–Crippen MR) is 121 cm³/mol. The fraction of sp³-hybridized carbons (Fsp3) is 0.304. The number of halogens is 3. The van der Waals surface area contributed by atoms with Crippen LogP contribution in [-0.4, -0.2) is 46.4 Å². The third kappa shape index (κ3) is 3.86. The van der Waals surface area contributed by atoms with Crippen LogP contribution in [0.25, 0.3) is 16.6 Å². The Morgan fingerprint density at radius 3 is 2.53 bits per heavy atom. The summed E-state index contributed by atoms with van der Waals surface area (Å²) in [5.41, 5.74) is 2.65. The van der Waals surface area contributed by atoms with Crippen molar-refractivity contribution < 1.29 is 28.2 Å². The van der Waals surface area contributed by atoms with Crippen molar-refractivity contribution in [3.8, 4) is 5.69 Å². The van der Waals surface area contributed by atoms with Gasteiger partial charge in [0.15, 0.2) is 5.82 Å². The second-order valence-corrected chi connectivity index (χ2v) is 8.18. The van der Waals surface area contributed by atoms with Gasteiger partial charge in [-0.1, -0.05) is 6.92 Å². The molecule has 0 atom stereocenters. The Balaban J connectivity index is 1.99. The van der Waals surface area contributed by atoms with Gasteiger partial charge in [0.25, 0.3) is 0 Å². The van der Waals surface area contributed by atoms with Crippen LogP contribution in [0, 0.1) is 17.5 Å². The van der Waals surface area contributed by atoms with E-state index in [4.69, 9.17) is 5.73 Å². The van der Waals surface area contributed by atoms with E-state index >= 15 is 8.78 Å². The van der Waals surface area contributed by atoms with Gasteiger partial charge in [0.05, 0.1) is 28.9 Å². The fourth-order valence-corrected chi connectivity index (χ4v) is 4.15. The molecule has 4 rings (SSSR count). The lowest BCUT2D eigenvalue weighted by atomic mass is 10.0. The number of aromatic carboxylic acids is 1. The smallest absolute Gasteiger partial charge is 0.341 e. The van der Waals surface area contributed by atoms with Crippen molar-refractivity contribution in [1.29, 1.82) is 0 Å². The molecule has 11 heteroatoms. The summed E-state index contributed by atoms with van der Waals surface area (Å²) in [6.07, 6.45) is 1.77. The predicted octanol–water partition coefficient (Wildman–Crippen LogP) is 2.37. The zero-order valence-corrected chi connectivity index (χ0v) is 18.2. The zero-order chi connectivity index (χ0) is 24.7. The Bertz CT molecular complexity index is 1350. The van der Waals surface area contributed by atoms with E-state index in [2.05, 4.69) is 5.32 Å². The number of carbonyl (C=O) groups is 1. The first-order chi connectivity index (χ1) is 16.2. The van der Waals surface area contributed by atoms with E-state index in [1.54, 1.807) is 0 Å². The molecule has 5 N–H and O–H groups in total. The van der Waals surface area contributed by atoms with Crippen molar-refractivity contribution in [3.05, 3.63) is 63.2 Å². The van der Waals surface area contributed by atoms with E-state index < -0.39 is 51.9 Å². The number of aliphatic hydroxyl groups excluding tert-OH is 1. The minimum absolute atomic E-state index is 0.0361. The lowest BCUT2D eigenvalue weighted by molar-refractivity contribution is 0.0695. The molecule has 1 aliphatic heterocycles. The number of nitrogens with two attached hydrogens (primary N) is 1. The molecule has 0 bridgehead atoms. The van der Waals surface area contributed by atoms with Crippen LogP contribution >= 0.6 is 0 Å². The number of nitrogens with zero attached hydrogens (tertiary/aromatic N) is 2. The largest absolute Gasteiger partial charge is 0.477 e. The Morgan fingerprint density at radius 1 is 1.21 bits per heavy atom. The summed E-state index contributed by atoms with van der Waals surface area (Å²) < 4.78 is 45.9. The minimum atomic E-state index is -1.61. The monoisotopic (exact) mass is 476 g/mol. The van der Waals surface area contributed by atoms with Gasteiger partial charge in [0, 0.05) is 30.9 Å². The zero-order valence-electron chi connectivity index (χ0n) is 18.2. The van der Waals surface area contributed by atoms with Crippen LogP contribution in [0.1, 0.15) is 29.3 Å². The summed E-state index contributed by atoms with van der Waals surface area (Å²) in [5.74, 6) is -4.54. The number of aliphatic hydroxyl groups is 1. The summed E-state index contributed by atoms with van der Waals surface area (Å²) in [5, 5.41) is 22.0. The summed E-state index contributed by atoms with van der Waals surface area (Å²) in [6.45, 7) is 2.74. The van der Waals surface area contributed by atoms with Gasteiger partial charge >= 0.3 is 5.97 Å². The number of anilines is 2. The summed E-state index contributed by atoms with van der Waals surface area (Å²) >= 11 is 0. The number of nitrogens with one attached hydrogen (secondary N) is 1. The first-order valence-corrected chi connectivity index (χ1v) is 10.7. The first-order valence-electron chi connectivity index (χ1n) is 10.7. The number of carboxylic acids is 1. The molecule has 0 saturated carbocycles. The molecule has 34 heavy (non-hydrogen) atoms. The SMILES string of the molecule is CCCNC1CN(c2c(F)cc3c(=O)c(C(=O)O)cn(-c4cc(N)c(F)cc4CO)c3c2F)C1. The molecule has 8 nitrogen and oxygen atoms in total. The average molecular weight is 476 g/mol. The minimum Gasteiger partial charge on any atom is -0.477 e. The van der Waals surface area contributed by atoms with Crippen molar-refractivity contribution in [2.45, 2.75) is 26.0 Å². The first kappa shape index (κ1) is 23.6. The van der Waals surface area contributed by atoms with Gasteiger partial charge < -0.3 is 30.7 Å². The van der Waals surface area contributed by atoms with Gasteiger partial charge in [0.2, 0.25) is 5.43 Å². The maximum Gasteiger partial charge on any atom is 0.341 e. The molecule has 0 aliphatic carbocycles. The topological polar surface area (TPSA) is 121 Å². The molecular weight excluding hydrogens is 453 g/mol. The second-order valence-electron chi connectivity index (χ2n) is 8.18. The molecule has 0 amide bonds. The van der Waals surface area contributed by atoms with Crippen molar-refractivity contribution in [3.63, 3.8) is 0 Å². The average Bonchev–Trinajstić information content (AvgIpc) is 2.76. The van der Waals surface area contributed by atoms with Gasteiger partial charge in [-0.2, -0.15) is 0 Å². The van der Waals surface area contributed by atoms with Crippen LogP contribution in [-0.2, 0) is 6.61 Å². The number of hydrogen-bond acceptors (Lipinski definition) is 6. The highest BCUT2D eigenvalue weighted by atomic mass is 19.1. The number of hydrogen-bond donors (Lipinski definition) is 4. The molecule has 180 valence electrons. The highest BCUT2D eigenvalue weighted by Crippen LogP contribution is 2.34. The van der Waals surface area contributed by atoms with Crippen molar-refractivity contribution in [1.82, 2.24) is 9.88 Å². The van der Waals surface area contributed by atoms with E-state index in [-0.39, 0.29) is 28.7 Å². The molecule has 2 heterocycles. The Labute approximate surface area is 192 Å². The standard InChI is InChI=1S/C23H23F3N4O4/c1-2-3-28-12-7-29(8-12)21-16(25)5-13-20(19(21)26)30(9-14(22(13)32)23(33)34)18-6-17(27)15(24)4-11(18)10-31/h4-6,9,12,28,31H,2-3,7-8,10,27H2,1H3,(H,33,34). The lowest BCUT2D eigenvalue weighted by Gasteiger charge is -2.41. The maximum absolute atomic E-state index is 15.9. The molecule has 0 radical (unpaired) electrons. The van der Waals surface area contributed by atoms with Crippen LogP contribution in [0.3, 0.4) is 0 Å². The van der Waals surface area contributed by atoms with E-state index in [0.29, 0.717) is 13.1 Å². The summed E-state index contributed by atoms with van der Waals surface area (Å²) in [4.78, 5) is 26.0. The molecule has 0 unspecified atom stereocenters. The number of aromatic nitrogens is 1. The van der Waals surface area contributed by atoms with Crippen LogP contribution < -0.4 is 21.4 Å². The molecule has 1 fully saturated rings. The van der Waals surface area contributed by atoms with Gasteiger partial charge in [-0.3, -0.25) is 4.79 Å². The van der Waals surface area contributed by atoms with Crippen LogP contribution in [0.15, 0.2) is 29.2 Å². The second kappa shape index (κ2) is 8.99. The van der Waals surface area contributed by atoms with Gasteiger partial charge in [-0.25, -0.2) is 18.0 Å². The Morgan fingerprint density at radius 2 is 1.91 bits per heavy atom. The number of fused-ring (bicyclic) bond motifs is 1. The summed E-state index contributed by atoms with van der Waals surface area (Å²) in [6, 6.07) is 2.87. The normalized spacial score (nSPS) is 14.0. The Hall–Kier alpha value is -3.57. The van der Waals surface area contributed by atoms with Crippen LogP contribution in [0.4, 0.5) is 24.5 Å². The third-order valence-electron chi connectivity index (χ3n) is 5.90. The van der Waals surface area contributed by atoms with Crippen LogP contribution in [0.2, 0.25) is 0 Å². The van der Waals surface area contributed by atoms with E-state index in [1.807, 2.05) is 6.92 Å². The molecule has 1 aromatic heterocycles. The van der Waals surface area contributed by atoms with Gasteiger partial charge in [-0.05, 0) is 31.2 Å². The van der Waals surface area contributed by atoms with Gasteiger partial charge in [0.1, 0.15) is 22.9 Å². The van der Waals surface area contributed by atoms with Crippen molar-refractivity contribution >= 4 is 28.2 Å². The molecule has 1 saturated heterocycles. The van der Waals surface area contributed by atoms with E-state index in [9.17, 15) is 24.2 Å². The highest BCUT2D eigenvalue weighted by Gasteiger charge is 2.33. The summed E-state index contributed by atoms with van der Waals surface area (Å²) in [7, 11) is 0. The molecule has 2 aromatic carbocycles. The Kier molecular flexibility index (Phi) is 6.24. The van der Waals surface area contributed by atoms with E-state index in [0.717, 1.165) is 41.9 Å². The van der Waals surface area contributed by atoms with E-state index in [1.165, 1.54) is 4.90 Å². The lowest BCUT2D eigenvalue weighted by Crippen LogP contribution is -2.58. The van der Waals surface area contributed by atoms with Crippen LogP contribution in [0.5, 0.6) is 0 Å². The third-order valence-corrected chi connectivity index (χ3v) is 5.90. The number of benzene rings is 2. The number of nitrogen functional groups attached to an aromatic ring is 1. The number of pyridine rings is 1. The highest BCUT2D eigenvalue weighted by molar-refractivity contribution is 5.94. The molecule has 1 aliphatic rings.